The van der Waals surface area contributed by atoms with Gasteiger partial charge in [0.05, 0.1) is 19.1 Å². The fourth-order valence-electron chi connectivity index (χ4n) is 1.01. The Morgan fingerprint density at radius 2 is 2.33 bits per heavy atom. The molecule has 0 atom stereocenters. The van der Waals surface area contributed by atoms with Crippen molar-refractivity contribution in [2.75, 3.05) is 7.11 Å². The van der Waals surface area contributed by atoms with Crippen LogP contribution in [0.2, 0.25) is 0 Å². The maximum absolute atomic E-state index is 10.4. The van der Waals surface area contributed by atoms with Crippen molar-refractivity contribution in [1.29, 1.82) is 0 Å². The molecule has 0 heterocycles. The normalized spacial score (nSPS) is 8.87. The second-order valence-electron chi connectivity index (χ2n) is 2.83. The number of ether oxygens (including phenoxy) is 1. The number of nitrogens with two attached hydrogens (primary N) is 1. The van der Waals surface area contributed by atoms with Crippen molar-refractivity contribution in [3.8, 4) is 23.3 Å². The molecule has 0 spiro atoms. The quantitative estimate of drug-likeness (QED) is 0.695. The van der Waals surface area contributed by atoms with Gasteiger partial charge >= 0.3 is 0 Å². The van der Waals surface area contributed by atoms with Crippen LogP contribution in [0.25, 0.3) is 0 Å². The van der Waals surface area contributed by atoms with E-state index in [0.717, 1.165) is 0 Å². The van der Waals surface area contributed by atoms with Gasteiger partial charge in [-0.15, -0.1) is 0 Å². The molecule has 0 aliphatic heterocycles. The van der Waals surface area contributed by atoms with Crippen LogP contribution in [0.3, 0.4) is 0 Å². The minimum Gasteiger partial charge on any atom is -0.508 e. The monoisotopic (exact) mass is 205 g/mol. The molecule has 4 heteroatoms. The van der Waals surface area contributed by atoms with Gasteiger partial charge in [0.1, 0.15) is 11.5 Å². The van der Waals surface area contributed by atoms with Gasteiger partial charge in [0, 0.05) is 6.07 Å². The Labute approximate surface area is 87.7 Å². The van der Waals surface area contributed by atoms with Crippen molar-refractivity contribution >= 4 is 5.91 Å². The number of carbonyl (C=O) groups is 1. The van der Waals surface area contributed by atoms with Gasteiger partial charge in [-0.25, -0.2) is 0 Å². The molecule has 1 aromatic carbocycles. The van der Waals surface area contributed by atoms with Crippen LogP contribution in [-0.4, -0.2) is 18.1 Å². The summed E-state index contributed by atoms with van der Waals surface area (Å²) in [6.07, 6.45) is 0.00400. The van der Waals surface area contributed by atoms with Crippen molar-refractivity contribution in [3.63, 3.8) is 0 Å². The average Bonchev–Trinajstić information content (AvgIpc) is 2.19. The Morgan fingerprint density at radius 1 is 1.60 bits per heavy atom. The third-order valence-electron chi connectivity index (χ3n) is 1.67. The first kappa shape index (κ1) is 10.9. The van der Waals surface area contributed by atoms with E-state index in [9.17, 15) is 9.90 Å². The second kappa shape index (κ2) is 4.91. The van der Waals surface area contributed by atoms with Crippen molar-refractivity contribution < 1.29 is 14.6 Å². The Kier molecular flexibility index (Phi) is 3.58. The van der Waals surface area contributed by atoms with Crippen LogP contribution >= 0.6 is 0 Å². The van der Waals surface area contributed by atoms with Gasteiger partial charge in [-0.3, -0.25) is 4.79 Å². The highest BCUT2D eigenvalue weighted by Crippen LogP contribution is 2.22. The first-order valence-electron chi connectivity index (χ1n) is 4.27. The van der Waals surface area contributed by atoms with Gasteiger partial charge in [0.2, 0.25) is 5.91 Å². The molecule has 1 rings (SSSR count). The summed E-state index contributed by atoms with van der Waals surface area (Å²) in [5.74, 6) is 5.44. The predicted molar refractivity (Wildman–Crippen MR) is 55.3 cm³/mol. The van der Waals surface area contributed by atoms with E-state index >= 15 is 0 Å². The maximum atomic E-state index is 10.4. The molecule has 0 saturated carbocycles. The highest BCUT2D eigenvalue weighted by Gasteiger charge is 2.00. The van der Waals surface area contributed by atoms with Crippen LogP contribution in [0.4, 0.5) is 0 Å². The van der Waals surface area contributed by atoms with E-state index in [-0.39, 0.29) is 12.2 Å². The van der Waals surface area contributed by atoms with E-state index < -0.39 is 5.91 Å². The van der Waals surface area contributed by atoms with Crippen molar-refractivity contribution in [1.82, 2.24) is 0 Å². The molecule has 0 radical (unpaired) electrons. The molecule has 1 amide bonds. The molecule has 0 fully saturated rings. The van der Waals surface area contributed by atoms with E-state index in [4.69, 9.17) is 10.5 Å². The largest absolute Gasteiger partial charge is 0.508 e. The summed E-state index contributed by atoms with van der Waals surface area (Å²) in [7, 11) is 1.48. The summed E-state index contributed by atoms with van der Waals surface area (Å²) in [5, 5.41) is 9.18. The van der Waals surface area contributed by atoms with Crippen molar-refractivity contribution in [3.05, 3.63) is 23.8 Å². The molecule has 0 bridgehead atoms. The molecule has 15 heavy (non-hydrogen) atoms. The van der Waals surface area contributed by atoms with E-state index in [2.05, 4.69) is 11.8 Å². The molecule has 78 valence electrons. The van der Waals surface area contributed by atoms with Gasteiger partial charge in [-0.1, -0.05) is 11.8 Å². The minimum atomic E-state index is -0.472. The molecule has 0 aliphatic carbocycles. The van der Waals surface area contributed by atoms with Gasteiger partial charge in [-0.2, -0.15) is 0 Å². The summed E-state index contributed by atoms with van der Waals surface area (Å²) < 4.78 is 5.01. The number of rotatable bonds is 2. The van der Waals surface area contributed by atoms with Crippen LogP contribution in [0.5, 0.6) is 11.5 Å². The Balaban J connectivity index is 2.92. The van der Waals surface area contributed by atoms with Crippen molar-refractivity contribution in [2.45, 2.75) is 6.42 Å². The van der Waals surface area contributed by atoms with Crippen LogP contribution in [-0.2, 0) is 4.79 Å². The fourth-order valence-corrected chi connectivity index (χ4v) is 1.01. The zero-order chi connectivity index (χ0) is 11.3. The van der Waals surface area contributed by atoms with E-state index in [0.29, 0.717) is 11.3 Å². The second-order valence-corrected chi connectivity index (χ2v) is 2.83. The highest BCUT2D eigenvalue weighted by molar-refractivity contribution is 5.76. The number of primary amides is 1. The summed E-state index contributed by atoms with van der Waals surface area (Å²) >= 11 is 0. The molecule has 3 N–H and O–H groups in total. The van der Waals surface area contributed by atoms with E-state index in [1.165, 1.54) is 19.2 Å². The zero-order valence-corrected chi connectivity index (χ0v) is 8.28. The lowest BCUT2D eigenvalue weighted by atomic mass is 10.2. The molecule has 0 unspecified atom stereocenters. The lowest BCUT2D eigenvalue weighted by molar-refractivity contribution is -0.117. The van der Waals surface area contributed by atoms with Gasteiger partial charge in [0.25, 0.3) is 0 Å². The summed E-state index contributed by atoms with van der Waals surface area (Å²) in [6, 6.07) is 4.56. The van der Waals surface area contributed by atoms with E-state index in [1.54, 1.807) is 6.07 Å². The zero-order valence-electron chi connectivity index (χ0n) is 8.28. The number of benzene rings is 1. The van der Waals surface area contributed by atoms with Gasteiger partial charge in [0.15, 0.2) is 0 Å². The predicted octanol–water partition coefficient (Wildman–Crippen LogP) is 0.628. The number of phenols is 1. The van der Waals surface area contributed by atoms with Gasteiger partial charge < -0.3 is 15.6 Å². The first-order chi connectivity index (χ1) is 7.13. The van der Waals surface area contributed by atoms with Crippen LogP contribution in [0.1, 0.15) is 12.0 Å². The number of phenolic OH excluding ortho intramolecular Hbond substituents is 1. The summed E-state index contributed by atoms with van der Waals surface area (Å²) in [4.78, 5) is 10.4. The Bertz CT molecular complexity index is 429. The lowest BCUT2D eigenvalue weighted by Crippen LogP contribution is -2.08. The fraction of sp³-hybridized carbons (Fsp3) is 0.182. The molecule has 0 saturated heterocycles. The smallest absolute Gasteiger partial charge is 0.229 e. The maximum Gasteiger partial charge on any atom is 0.229 e. The Hall–Kier alpha value is -2.15. The van der Waals surface area contributed by atoms with E-state index in [1.807, 2.05) is 0 Å². The molecular weight excluding hydrogens is 194 g/mol. The van der Waals surface area contributed by atoms with Crippen LogP contribution in [0.15, 0.2) is 18.2 Å². The number of hydrogen-bond acceptors (Lipinski definition) is 3. The third-order valence-corrected chi connectivity index (χ3v) is 1.67. The topological polar surface area (TPSA) is 72.6 Å². The average molecular weight is 205 g/mol. The standard InChI is InChI=1S/C11H11NO3/c1-15-10-7-9(13)6-5-8(10)3-2-4-11(12)14/h5-7,13H,4H2,1H3,(H2,12,14). The van der Waals surface area contributed by atoms with Crippen molar-refractivity contribution in [2.24, 2.45) is 5.73 Å². The number of aromatic hydroxyl groups is 1. The minimum absolute atomic E-state index is 0.00400. The summed E-state index contributed by atoms with van der Waals surface area (Å²) in [5.41, 5.74) is 5.55. The van der Waals surface area contributed by atoms with Crippen LogP contribution < -0.4 is 10.5 Å². The van der Waals surface area contributed by atoms with Crippen LogP contribution in [0, 0.1) is 11.8 Å². The molecule has 1 aromatic rings. The van der Waals surface area contributed by atoms with Gasteiger partial charge in [-0.05, 0) is 12.1 Å². The molecule has 0 aromatic heterocycles. The highest BCUT2D eigenvalue weighted by atomic mass is 16.5. The first-order valence-corrected chi connectivity index (χ1v) is 4.27. The number of hydrogen-bond donors (Lipinski definition) is 2. The SMILES string of the molecule is COc1cc(O)ccc1C#CCC(N)=O. The number of carbonyl (C=O) groups excluding carboxylic acids is 1. The molecular formula is C11H11NO3. The number of amides is 1. The molecule has 0 aliphatic rings. The summed E-state index contributed by atoms with van der Waals surface area (Å²) in [6.45, 7) is 0. The Morgan fingerprint density at radius 3 is 2.93 bits per heavy atom. The molecule has 4 nitrogen and oxygen atoms in total. The number of methoxy groups -OCH3 is 1. The lowest BCUT2D eigenvalue weighted by Gasteiger charge is -2.02. The third kappa shape index (κ3) is 3.24.